The highest BCUT2D eigenvalue weighted by atomic mass is 19.4. The molecule has 1 fully saturated rings. The molecule has 19 heavy (non-hydrogen) atoms. The smallest absolute Gasteiger partial charge is 0.416 e. The zero-order valence-electron chi connectivity index (χ0n) is 10.7. The van der Waals surface area contributed by atoms with Crippen LogP contribution in [0.1, 0.15) is 24.8 Å². The highest BCUT2D eigenvalue weighted by Crippen LogP contribution is 2.31. The predicted molar refractivity (Wildman–Crippen MR) is 67.1 cm³/mol. The first kappa shape index (κ1) is 14.2. The molecule has 1 aliphatic heterocycles. The van der Waals surface area contributed by atoms with Gasteiger partial charge in [-0.25, -0.2) is 0 Å². The third-order valence-corrected chi connectivity index (χ3v) is 3.36. The Kier molecular flexibility index (Phi) is 4.69. The average Bonchev–Trinajstić information content (AvgIpc) is 2.39. The third kappa shape index (κ3) is 4.42. The molecule has 0 amide bonds. The maximum Gasteiger partial charge on any atom is 0.416 e. The van der Waals surface area contributed by atoms with Crippen molar-refractivity contribution in [2.45, 2.75) is 25.4 Å². The maximum atomic E-state index is 12.5. The monoisotopic (exact) mass is 273 g/mol. The lowest BCUT2D eigenvalue weighted by atomic mass is 9.97. The molecular formula is C14H18F3NO. The number of rotatable bonds is 4. The van der Waals surface area contributed by atoms with E-state index in [-0.39, 0.29) is 0 Å². The van der Waals surface area contributed by atoms with E-state index < -0.39 is 11.7 Å². The van der Waals surface area contributed by atoms with Gasteiger partial charge >= 0.3 is 6.18 Å². The topological polar surface area (TPSA) is 21.3 Å². The first-order chi connectivity index (χ1) is 9.05. The molecule has 1 atom stereocenters. The van der Waals surface area contributed by atoms with Crippen molar-refractivity contribution in [3.63, 3.8) is 0 Å². The fourth-order valence-electron chi connectivity index (χ4n) is 2.28. The van der Waals surface area contributed by atoms with Crippen molar-refractivity contribution >= 4 is 0 Å². The van der Waals surface area contributed by atoms with Crippen molar-refractivity contribution in [1.29, 1.82) is 0 Å². The van der Waals surface area contributed by atoms with E-state index in [2.05, 4.69) is 5.32 Å². The second-order valence-corrected chi connectivity index (χ2v) is 4.88. The number of ether oxygens (including phenoxy) is 1. The number of hydrogen-bond donors (Lipinski definition) is 1. The van der Waals surface area contributed by atoms with E-state index in [0.717, 1.165) is 38.1 Å². The number of benzene rings is 1. The maximum absolute atomic E-state index is 12.5. The van der Waals surface area contributed by atoms with Crippen LogP contribution in [0.5, 0.6) is 5.75 Å². The van der Waals surface area contributed by atoms with E-state index >= 15 is 0 Å². The molecule has 0 bridgehead atoms. The van der Waals surface area contributed by atoms with Crippen molar-refractivity contribution in [1.82, 2.24) is 5.32 Å². The van der Waals surface area contributed by atoms with Gasteiger partial charge in [-0.3, -0.25) is 0 Å². The molecule has 0 radical (unpaired) electrons. The Morgan fingerprint density at radius 3 is 2.84 bits per heavy atom. The molecule has 0 aliphatic carbocycles. The SMILES string of the molecule is FC(F)(F)c1cccc(OCC[C@@H]2CCCNC2)c1. The van der Waals surface area contributed by atoms with Gasteiger partial charge in [-0.1, -0.05) is 6.07 Å². The zero-order chi connectivity index (χ0) is 13.7. The molecule has 1 aliphatic rings. The fourth-order valence-corrected chi connectivity index (χ4v) is 2.28. The van der Waals surface area contributed by atoms with Crippen molar-refractivity contribution in [2.24, 2.45) is 5.92 Å². The van der Waals surface area contributed by atoms with Gasteiger partial charge in [0.15, 0.2) is 0 Å². The summed E-state index contributed by atoms with van der Waals surface area (Å²) in [5.41, 5.74) is -0.663. The summed E-state index contributed by atoms with van der Waals surface area (Å²) in [4.78, 5) is 0. The van der Waals surface area contributed by atoms with Gasteiger partial charge in [0.2, 0.25) is 0 Å². The summed E-state index contributed by atoms with van der Waals surface area (Å²) in [6.07, 6.45) is -1.11. The minimum atomic E-state index is -4.31. The van der Waals surface area contributed by atoms with Gasteiger partial charge in [-0.05, 0) is 56.5 Å². The fraction of sp³-hybridized carbons (Fsp3) is 0.571. The summed E-state index contributed by atoms with van der Waals surface area (Å²) in [5, 5.41) is 3.31. The summed E-state index contributed by atoms with van der Waals surface area (Å²) >= 11 is 0. The lowest BCUT2D eigenvalue weighted by Crippen LogP contribution is -2.30. The van der Waals surface area contributed by atoms with Crippen molar-refractivity contribution in [3.05, 3.63) is 29.8 Å². The Labute approximate surface area is 111 Å². The molecule has 1 aromatic carbocycles. The standard InChI is InChI=1S/C14H18F3NO/c15-14(16,17)12-4-1-5-13(9-12)19-8-6-11-3-2-7-18-10-11/h1,4-5,9,11,18H,2-3,6-8,10H2/t11-/m0/s1. The number of halogens is 3. The van der Waals surface area contributed by atoms with Crippen LogP contribution >= 0.6 is 0 Å². The van der Waals surface area contributed by atoms with Crippen LogP contribution in [0.15, 0.2) is 24.3 Å². The highest BCUT2D eigenvalue weighted by molar-refractivity contribution is 5.30. The first-order valence-electron chi connectivity index (χ1n) is 6.56. The molecule has 0 aromatic heterocycles. The summed E-state index contributed by atoms with van der Waals surface area (Å²) in [7, 11) is 0. The molecular weight excluding hydrogens is 255 g/mol. The van der Waals surface area contributed by atoms with Crippen molar-refractivity contribution < 1.29 is 17.9 Å². The number of piperidine rings is 1. The minimum Gasteiger partial charge on any atom is -0.494 e. The van der Waals surface area contributed by atoms with Gasteiger partial charge in [-0.2, -0.15) is 13.2 Å². The van der Waals surface area contributed by atoms with Crippen LogP contribution in [-0.4, -0.2) is 19.7 Å². The zero-order valence-corrected chi connectivity index (χ0v) is 10.7. The van der Waals surface area contributed by atoms with Gasteiger partial charge in [0.25, 0.3) is 0 Å². The molecule has 106 valence electrons. The molecule has 1 aromatic rings. The van der Waals surface area contributed by atoms with Crippen LogP contribution in [0.25, 0.3) is 0 Å². The molecule has 1 N–H and O–H groups in total. The Balaban J connectivity index is 1.82. The summed E-state index contributed by atoms with van der Waals surface area (Å²) < 4.78 is 43.0. The first-order valence-corrected chi connectivity index (χ1v) is 6.56. The largest absolute Gasteiger partial charge is 0.494 e. The van der Waals surface area contributed by atoms with E-state index in [0.29, 0.717) is 18.3 Å². The number of alkyl halides is 3. The Morgan fingerprint density at radius 1 is 1.32 bits per heavy atom. The van der Waals surface area contributed by atoms with Gasteiger partial charge in [0, 0.05) is 0 Å². The van der Waals surface area contributed by atoms with Crippen molar-refractivity contribution in [3.8, 4) is 5.75 Å². The molecule has 1 saturated heterocycles. The van der Waals surface area contributed by atoms with E-state index in [1.807, 2.05) is 0 Å². The molecule has 1 heterocycles. The van der Waals surface area contributed by atoms with Gasteiger partial charge in [0.1, 0.15) is 5.75 Å². The molecule has 5 heteroatoms. The lowest BCUT2D eigenvalue weighted by Gasteiger charge is -2.22. The van der Waals surface area contributed by atoms with Gasteiger partial charge in [0.05, 0.1) is 12.2 Å². The van der Waals surface area contributed by atoms with Crippen molar-refractivity contribution in [2.75, 3.05) is 19.7 Å². The van der Waals surface area contributed by atoms with Gasteiger partial charge in [-0.15, -0.1) is 0 Å². The molecule has 0 spiro atoms. The van der Waals surface area contributed by atoms with E-state index in [1.165, 1.54) is 12.5 Å². The number of nitrogens with one attached hydrogen (secondary N) is 1. The predicted octanol–water partition coefficient (Wildman–Crippen LogP) is 3.47. The quantitative estimate of drug-likeness (QED) is 0.907. The van der Waals surface area contributed by atoms with E-state index in [9.17, 15) is 13.2 Å². The summed E-state index contributed by atoms with van der Waals surface area (Å²) in [5.74, 6) is 0.859. The van der Waals surface area contributed by atoms with Crippen LogP contribution in [0.3, 0.4) is 0 Å². The van der Waals surface area contributed by atoms with Crippen LogP contribution in [0.2, 0.25) is 0 Å². The molecule has 0 unspecified atom stereocenters. The molecule has 2 nitrogen and oxygen atoms in total. The highest BCUT2D eigenvalue weighted by Gasteiger charge is 2.30. The molecule has 0 saturated carbocycles. The van der Waals surface area contributed by atoms with Crippen LogP contribution in [0, 0.1) is 5.92 Å². The second-order valence-electron chi connectivity index (χ2n) is 4.88. The van der Waals surface area contributed by atoms with Crippen LogP contribution in [0.4, 0.5) is 13.2 Å². The Morgan fingerprint density at radius 2 is 2.16 bits per heavy atom. The Bertz CT molecular complexity index is 400. The lowest BCUT2D eigenvalue weighted by molar-refractivity contribution is -0.137. The van der Waals surface area contributed by atoms with Crippen LogP contribution in [-0.2, 0) is 6.18 Å². The summed E-state index contributed by atoms with van der Waals surface area (Å²) in [6.45, 7) is 2.50. The van der Waals surface area contributed by atoms with E-state index in [1.54, 1.807) is 6.07 Å². The normalized spacial score (nSPS) is 20.3. The van der Waals surface area contributed by atoms with Gasteiger partial charge < -0.3 is 10.1 Å². The Hall–Kier alpha value is -1.23. The summed E-state index contributed by atoms with van der Waals surface area (Å²) in [6, 6.07) is 5.05. The van der Waals surface area contributed by atoms with Crippen LogP contribution < -0.4 is 10.1 Å². The number of hydrogen-bond acceptors (Lipinski definition) is 2. The average molecular weight is 273 g/mol. The van der Waals surface area contributed by atoms with E-state index in [4.69, 9.17) is 4.74 Å². The molecule has 2 rings (SSSR count). The second kappa shape index (κ2) is 6.28. The minimum absolute atomic E-state index is 0.290. The third-order valence-electron chi connectivity index (χ3n) is 3.36.